The van der Waals surface area contributed by atoms with Gasteiger partial charge in [0.05, 0.1) is 11.0 Å². The van der Waals surface area contributed by atoms with E-state index < -0.39 is 0 Å². The Hall–Kier alpha value is -4.40. The summed E-state index contributed by atoms with van der Waals surface area (Å²) in [6.45, 7) is 2.35. The Balaban J connectivity index is 1.15. The average molecular weight is 516 g/mol. The van der Waals surface area contributed by atoms with Crippen LogP contribution < -0.4 is 0 Å². The van der Waals surface area contributed by atoms with Gasteiger partial charge in [0.1, 0.15) is 0 Å². The molecule has 0 saturated heterocycles. The zero-order valence-electron chi connectivity index (χ0n) is 21.6. The number of aromatic nitrogens is 1. The fourth-order valence-corrected chi connectivity index (χ4v) is 8.25. The zero-order chi connectivity index (χ0) is 25.7. The third-order valence-electron chi connectivity index (χ3n) is 8.82. The van der Waals surface area contributed by atoms with E-state index in [0.717, 1.165) is 6.42 Å². The summed E-state index contributed by atoms with van der Waals surface area (Å²) in [5.74, 6) is 0.598. The number of benzene rings is 5. The van der Waals surface area contributed by atoms with Gasteiger partial charge in [0, 0.05) is 42.6 Å². The molecule has 184 valence electrons. The number of thiophene rings is 1. The molecule has 2 aromatic heterocycles. The van der Waals surface area contributed by atoms with E-state index in [1.54, 1.807) is 0 Å². The molecule has 0 spiro atoms. The molecule has 0 N–H and O–H groups in total. The van der Waals surface area contributed by atoms with E-state index in [1.807, 2.05) is 11.3 Å². The summed E-state index contributed by atoms with van der Waals surface area (Å²) >= 11 is 1.95. The molecular formula is C37H25NS. The predicted molar refractivity (Wildman–Crippen MR) is 167 cm³/mol. The Kier molecular flexibility index (Phi) is 4.31. The first-order valence-electron chi connectivity index (χ1n) is 13.8. The van der Waals surface area contributed by atoms with Gasteiger partial charge in [0.15, 0.2) is 0 Å². The second-order valence-electron chi connectivity index (χ2n) is 11.0. The molecule has 2 aliphatic carbocycles. The van der Waals surface area contributed by atoms with E-state index in [0.29, 0.717) is 5.92 Å². The van der Waals surface area contributed by atoms with Crippen LogP contribution in [0.1, 0.15) is 36.0 Å². The van der Waals surface area contributed by atoms with E-state index >= 15 is 0 Å². The Labute approximate surface area is 231 Å². The summed E-state index contributed by atoms with van der Waals surface area (Å²) in [4.78, 5) is 1.45. The number of hydrogen-bond donors (Lipinski definition) is 0. The van der Waals surface area contributed by atoms with Crippen molar-refractivity contribution in [1.82, 2.24) is 4.57 Å². The number of rotatable bonds is 2. The molecule has 0 radical (unpaired) electrons. The van der Waals surface area contributed by atoms with Crippen LogP contribution in [-0.2, 0) is 0 Å². The summed E-state index contributed by atoms with van der Waals surface area (Å²) in [5.41, 5.74) is 13.6. The highest BCUT2D eigenvalue weighted by Gasteiger charge is 2.33. The lowest BCUT2D eigenvalue weighted by Gasteiger charge is -2.21. The number of allylic oxidation sites excluding steroid dienone is 1. The van der Waals surface area contributed by atoms with Gasteiger partial charge < -0.3 is 4.57 Å². The van der Waals surface area contributed by atoms with Crippen molar-refractivity contribution < 1.29 is 0 Å². The van der Waals surface area contributed by atoms with Crippen LogP contribution in [0.25, 0.3) is 64.7 Å². The van der Waals surface area contributed by atoms with Crippen LogP contribution in [0.2, 0.25) is 0 Å². The zero-order valence-corrected chi connectivity index (χ0v) is 22.4. The molecule has 0 bridgehead atoms. The Bertz CT molecular complexity index is 2100. The van der Waals surface area contributed by atoms with Crippen LogP contribution in [0.15, 0.2) is 115 Å². The van der Waals surface area contributed by atoms with Crippen LogP contribution in [-0.4, -0.2) is 4.57 Å². The summed E-state index contributed by atoms with van der Waals surface area (Å²) in [5, 5.41) is 3.98. The third-order valence-corrected chi connectivity index (χ3v) is 10.0. The van der Waals surface area contributed by atoms with E-state index in [4.69, 9.17) is 0 Å². The first-order valence-corrected chi connectivity index (χ1v) is 14.6. The Morgan fingerprint density at radius 2 is 1.38 bits per heavy atom. The van der Waals surface area contributed by atoms with Crippen molar-refractivity contribution in [3.05, 3.63) is 132 Å². The molecule has 1 nitrogen and oxygen atoms in total. The van der Waals surface area contributed by atoms with Crippen LogP contribution in [0.3, 0.4) is 0 Å². The molecule has 0 amide bonds. The molecule has 2 heteroatoms. The molecule has 1 unspecified atom stereocenters. The van der Waals surface area contributed by atoms with Gasteiger partial charge >= 0.3 is 0 Å². The molecule has 1 atom stereocenters. The van der Waals surface area contributed by atoms with Crippen molar-refractivity contribution in [2.24, 2.45) is 0 Å². The summed E-state index contributed by atoms with van der Waals surface area (Å²) in [6, 6.07) is 40.4. The van der Waals surface area contributed by atoms with Crippen LogP contribution in [0, 0.1) is 0 Å². The monoisotopic (exact) mass is 515 g/mol. The van der Waals surface area contributed by atoms with E-state index in [-0.39, 0.29) is 0 Å². The van der Waals surface area contributed by atoms with Crippen molar-refractivity contribution >= 4 is 48.8 Å². The SMILES string of the molecule is CC1CC=C2c3c(cccc31)-c1sc3cc(-c4ccc(-n5c6ccccc6c6ccccc65)cc4)ccc3c12. The van der Waals surface area contributed by atoms with Gasteiger partial charge in [-0.25, -0.2) is 0 Å². The normalized spacial score (nSPS) is 15.6. The van der Waals surface area contributed by atoms with Gasteiger partial charge in [0.25, 0.3) is 0 Å². The largest absolute Gasteiger partial charge is 0.309 e. The summed E-state index contributed by atoms with van der Waals surface area (Å²) < 4.78 is 3.76. The van der Waals surface area contributed by atoms with Crippen molar-refractivity contribution in [3.8, 4) is 27.3 Å². The van der Waals surface area contributed by atoms with Crippen LogP contribution in [0.5, 0.6) is 0 Å². The van der Waals surface area contributed by atoms with Gasteiger partial charge in [-0.15, -0.1) is 11.3 Å². The number of nitrogens with zero attached hydrogens (tertiary/aromatic N) is 1. The predicted octanol–water partition coefficient (Wildman–Crippen LogP) is 10.6. The van der Waals surface area contributed by atoms with E-state index in [9.17, 15) is 0 Å². The molecule has 2 aliphatic rings. The van der Waals surface area contributed by atoms with Gasteiger partial charge in [-0.2, -0.15) is 0 Å². The fraction of sp³-hybridized carbons (Fsp3) is 0.0811. The molecule has 5 aromatic carbocycles. The number of fused-ring (bicyclic) bond motifs is 8. The fourth-order valence-electron chi connectivity index (χ4n) is 6.96. The lowest BCUT2D eigenvalue weighted by Crippen LogP contribution is -2.02. The minimum atomic E-state index is 0.598. The minimum absolute atomic E-state index is 0.598. The van der Waals surface area contributed by atoms with Gasteiger partial charge in [-0.3, -0.25) is 0 Å². The molecule has 9 rings (SSSR count). The first kappa shape index (κ1) is 21.5. The van der Waals surface area contributed by atoms with Crippen LogP contribution >= 0.6 is 11.3 Å². The summed E-state index contributed by atoms with van der Waals surface area (Å²) in [7, 11) is 0. The lowest BCUT2D eigenvalue weighted by molar-refractivity contribution is 0.770. The minimum Gasteiger partial charge on any atom is -0.309 e. The van der Waals surface area contributed by atoms with Crippen molar-refractivity contribution in [3.63, 3.8) is 0 Å². The maximum absolute atomic E-state index is 2.48. The van der Waals surface area contributed by atoms with Crippen molar-refractivity contribution in [1.29, 1.82) is 0 Å². The van der Waals surface area contributed by atoms with Gasteiger partial charge in [0.2, 0.25) is 0 Å². The number of para-hydroxylation sites is 2. The first-order chi connectivity index (χ1) is 19.3. The quantitative estimate of drug-likeness (QED) is 0.216. The number of hydrogen-bond acceptors (Lipinski definition) is 1. The molecule has 7 aromatic rings. The Morgan fingerprint density at radius 1 is 0.667 bits per heavy atom. The maximum Gasteiger partial charge on any atom is 0.0541 e. The molecule has 0 saturated carbocycles. The standard InChI is InChI=1S/C37H25NS/c1-22-13-19-30-35-26(22)9-6-10-31(35)37-36(30)29-20-16-24(21-34(29)39-37)23-14-17-25(18-15-23)38-32-11-4-2-7-27(32)28-8-3-5-12-33(28)38/h2-12,14-22H,13H2,1H3. The second kappa shape index (κ2) is 7.81. The highest BCUT2D eigenvalue weighted by atomic mass is 32.1. The average Bonchev–Trinajstić information content (AvgIpc) is 3.63. The molecule has 0 fully saturated rings. The summed E-state index contributed by atoms with van der Waals surface area (Å²) in [6.07, 6.45) is 3.61. The molecule has 0 aliphatic heterocycles. The highest BCUT2D eigenvalue weighted by Crippen LogP contribution is 2.56. The van der Waals surface area contributed by atoms with Crippen LogP contribution in [0.4, 0.5) is 0 Å². The van der Waals surface area contributed by atoms with E-state index in [1.165, 1.54) is 81.4 Å². The third kappa shape index (κ3) is 2.90. The highest BCUT2D eigenvalue weighted by molar-refractivity contribution is 7.23. The lowest BCUT2D eigenvalue weighted by atomic mass is 9.83. The molecule has 2 heterocycles. The maximum atomic E-state index is 2.48. The van der Waals surface area contributed by atoms with Crippen molar-refractivity contribution in [2.75, 3.05) is 0 Å². The van der Waals surface area contributed by atoms with Gasteiger partial charge in [-0.05, 0) is 70.5 Å². The van der Waals surface area contributed by atoms with Gasteiger partial charge in [-0.1, -0.05) is 91.9 Å². The molecular weight excluding hydrogens is 490 g/mol. The van der Waals surface area contributed by atoms with Crippen molar-refractivity contribution in [2.45, 2.75) is 19.3 Å². The molecule has 39 heavy (non-hydrogen) atoms. The van der Waals surface area contributed by atoms with E-state index in [2.05, 4.69) is 127 Å². The smallest absolute Gasteiger partial charge is 0.0541 e. The topological polar surface area (TPSA) is 4.93 Å². The second-order valence-corrected chi connectivity index (χ2v) is 12.0. The Morgan fingerprint density at radius 3 is 2.15 bits per heavy atom.